The summed E-state index contributed by atoms with van der Waals surface area (Å²) in [5.41, 5.74) is 3.92. The maximum Gasteiger partial charge on any atom is 0.412 e. The first kappa shape index (κ1) is 33.2. The molecule has 11 nitrogen and oxygen atoms in total. The Morgan fingerprint density at radius 2 is 1.34 bits per heavy atom. The average Bonchev–Trinajstić information content (AvgIpc) is 3.11. The number of carbonyl (C=O) groups excluding carboxylic acids is 4. The summed E-state index contributed by atoms with van der Waals surface area (Å²) >= 11 is 0. The van der Waals surface area contributed by atoms with Gasteiger partial charge in [-0.25, -0.2) is 9.59 Å². The molecule has 0 radical (unpaired) electrons. The Morgan fingerprint density at radius 3 is 1.94 bits per heavy atom. The predicted octanol–water partition coefficient (Wildman–Crippen LogP) is 5.62. The van der Waals surface area contributed by atoms with Crippen molar-refractivity contribution in [2.75, 3.05) is 33.3 Å². The van der Waals surface area contributed by atoms with Crippen LogP contribution in [-0.4, -0.2) is 79.1 Å². The molecule has 0 saturated carbocycles. The van der Waals surface area contributed by atoms with Gasteiger partial charge >= 0.3 is 18.2 Å². The molecular weight excluding hydrogens is 600 g/mol. The van der Waals surface area contributed by atoms with Gasteiger partial charge in [-0.3, -0.25) is 20.3 Å². The topological polar surface area (TPSA) is 138 Å². The summed E-state index contributed by atoms with van der Waals surface area (Å²) in [4.78, 5) is 53.1. The normalized spacial score (nSPS) is 15.4. The number of nitrogens with one attached hydrogen (secondary N) is 2. The number of esters is 1. The van der Waals surface area contributed by atoms with Gasteiger partial charge in [-0.1, -0.05) is 66.7 Å². The molecule has 0 spiro atoms. The highest BCUT2D eigenvalue weighted by molar-refractivity contribution is 6.04. The van der Waals surface area contributed by atoms with Crippen molar-refractivity contribution in [3.05, 3.63) is 95.6 Å². The van der Waals surface area contributed by atoms with Gasteiger partial charge in [-0.2, -0.15) is 0 Å². The molecule has 0 atom stereocenters. The minimum atomic E-state index is -0.699. The Morgan fingerprint density at radius 1 is 0.766 bits per heavy atom. The minimum absolute atomic E-state index is 0.0377. The van der Waals surface area contributed by atoms with Crippen LogP contribution in [-0.2, 0) is 25.6 Å². The maximum absolute atomic E-state index is 13.2. The number of benzene rings is 3. The second-order valence-corrected chi connectivity index (χ2v) is 11.8. The number of amides is 3. The fourth-order valence-electron chi connectivity index (χ4n) is 5.82. The van der Waals surface area contributed by atoms with Crippen molar-refractivity contribution in [2.24, 2.45) is 5.92 Å². The van der Waals surface area contributed by atoms with Crippen molar-refractivity contribution in [3.8, 4) is 11.1 Å². The summed E-state index contributed by atoms with van der Waals surface area (Å²) in [6.07, 6.45) is 1.71. The lowest BCUT2D eigenvalue weighted by Crippen LogP contribution is -2.42. The number of alkyl carbamates (subject to hydrolysis) is 1. The van der Waals surface area contributed by atoms with Gasteiger partial charge in [0.25, 0.3) is 5.91 Å². The van der Waals surface area contributed by atoms with E-state index in [4.69, 9.17) is 14.9 Å². The summed E-state index contributed by atoms with van der Waals surface area (Å²) in [7, 11) is 1.24. The van der Waals surface area contributed by atoms with Crippen LogP contribution in [0.15, 0.2) is 78.9 Å². The monoisotopic (exact) mass is 640 g/mol. The van der Waals surface area contributed by atoms with Crippen LogP contribution >= 0.6 is 0 Å². The molecule has 2 aliphatic rings. The molecule has 5 rings (SSSR count). The summed E-state index contributed by atoms with van der Waals surface area (Å²) in [6.45, 7) is 2.36. The number of rotatable bonds is 8. The number of likely N-dealkylation sites (tertiary alicyclic amines) is 2. The van der Waals surface area contributed by atoms with E-state index >= 15 is 0 Å². The van der Waals surface area contributed by atoms with E-state index in [-0.39, 0.29) is 42.4 Å². The lowest BCUT2D eigenvalue weighted by Gasteiger charge is -2.33. The zero-order chi connectivity index (χ0) is 33.2. The molecule has 3 amide bonds. The molecular formula is C36H40N4O7. The molecule has 0 bridgehead atoms. The molecule has 47 heavy (non-hydrogen) atoms. The summed E-state index contributed by atoms with van der Waals surface area (Å²) in [6, 6.07) is 24.1. The predicted molar refractivity (Wildman–Crippen MR) is 175 cm³/mol. The molecule has 0 aromatic heterocycles. The molecule has 2 saturated heterocycles. The molecule has 0 aliphatic carbocycles. The molecule has 2 aliphatic heterocycles. The highest BCUT2D eigenvalue weighted by Crippen LogP contribution is 2.25. The number of methoxy groups -OCH3 is 1. The lowest BCUT2D eigenvalue weighted by atomic mass is 9.93. The molecule has 3 aromatic rings. The fraction of sp³-hybridized carbons (Fsp3) is 0.361. The third-order valence-corrected chi connectivity index (χ3v) is 8.61. The average molecular weight is 641 g/mol. The van der Waals surface area contributed by atoms with Crippen molar-refractivity contribution in [1.82, 2.24) is 15.1 Å². The third-order valence-electron chi connectivity index (χ3n) is 8.61. The van der Waals surface area contributed by atoms with Crippen LogP contribution in [0.25, 0.3) is 11.1 Å². The Kier molecular flexibility index (Phi) is 11.2. The fourth-order valence-corrected chi connectivity index (χ4v) is 5.82. The van der Waals surface area contributed by atoms with Gasteiger partial charge in [0.05, 0.1) is 7.11 Å². The first-order valence-corrected chi connectivity index (χ1v) is 15.9. The van der Waals surface area contributed by atoms with Gasteiger partial charge < -0.3 is 24.0 Å². The summed E-state index contributed by atoms with van der Waals surface area (Å²) in [5, 5.41) is 10.3. The molecule has 3 aromatic carbocycles. The quantitative estimate of drug-likeness (QED) is 0.141. The molecule has 2 fully saturated rings. The van der Waals surface area contributed by atoms with Gasteiger partial charge in [-0.15, -0.1) is 0 Å². The molecule has 2 N–H and O–H groups in total. The molecule has 2 heterocycles. The Hall–Kier alpha value is -5.19. The van der Waals surface area contributed by atoms with E-state index in [1.807, 2.05) is 71.6 Å². The SMILES string of the molecule is COC(=O)NC(=N)c1ccc(-c2ccc(C(=O)N3CCC(CC(=O)OC4CCN(C(=O)OCc5ccccc5)CC4)CC3)cc2)cc1. The van der Waals surface area contributed by atoms with Crippen molar-refractivity contribution in [3.63, 3.8) is 0 Å². The van der Waals surface area contributed by atoms with Gasteiger partial charge in [0.15, 0.2) is 0 Å². The highest BCUT2D eigenvalue weighted by Gasteiger charge is 2.29. The molecule has 11 heteroatoms. The number of nitrogens with zero attached hydrogens (tertiary/aromatic N) is 2. The highest BCUT2D eigenvalue weighted by atomic mass is 16.6. The van der Waals surface area contributed by atoms with Crippen LogP contribution in [0.1, 0.15) is 53.6 Å². The van der Waals surface area contributed by atoms with Crippen LogP contribution in [0.2, 0.25) is 0 Å². The maximum atomic E-state index is 13.2. The van der Waals surface area contributed by atoms with Crippen molar-refractivity contribution in [2.45, 2.75) is 44.8 Å². The molecule has 0 unspecified atom stereocenters. The van der Waals surface area contributed by atoms with E-state index in [1.165, 1.54) is 7.11 Å². The Labute approximate surface area is 274 Å². The van der Waals surface area contributed by atoms with Crippen molar-refractivity contribution in [1.29, 1.82) is 5.41 Å². The van der Waals surface area contributed by atoms with Gasteiger partial charge in [0.1, 0.15) is 18.5 Å². The van der Waals surface area contributed by atoms with E-state index < -0.39 is 6.09 Å². The van der Waals surface area contributed by atoms with Gasteiger partial charge in [0.2, 0.25) is 0 Å². The van der Waals surface area contributed by atoms with E-state index in [1.54, 1.807) is 17.0 Å². The van der Waals surface area contributed by atoms with Crippen LogP contribution in [0.3, 0.4) is 0 Å². The zero-order valence-corrected chi connectivity index (χ0v) is 26.5. The lowest BCUT2D eigenvalue weighted by molar-refractivity contribution is -0.152. The number of hydrogen-bond donors (Lipinski definition) is 2. The molecule has 246 valence electrons. The number of carbonyl (C=O) groups is 4. The number of amidine groups is 1. The minimum Gasteiger partial charge on any atom is -0.462 e. The Bertz CT molecular complexity index is 1540. The number of ether oxygens (including phenoxy) is 3. The van der Waals surface area contributed by atoms with Crippen LogP contribution < -0.4 is 5.32 Å². The first-order chi connectivity index (χ1) is 22.8. The van der Waals surface area contributed by atoms with E-state index in [0.717, 1.165) is 29.5 Å². The van der Waals surface area contributed by atoms with Gasteiger partial charge in [0, 0.05) is 56.6 Å². The van der Waals surface area contributed by atoms with Crippen molar-refractivity contribution < 1.29 is 33.4 Å². The summed E-state index contributed by atoms with van der Waals surface area (Å²) in [5.74, 6) is -0.153. The van der Waals surface area contributed by atoms with E-state index in [2.05, 4.69) is 10.1 Å². The van der Waals surface area contributed by atoms with Crippen LogP contribution in [0, 0.1) is 11.3 Å². The second-order valence-electron chi connectivity index (χ2n) is 11.8. The van der Waals surface area contributed by atoms with Gasteiger partial charge in [-0.05, 0) is 47.6 Å². The zero-order valence-electron chi connectivity index (χ0n) is 26.5. The third kappa shape index (κ3) is 9.18. The number of piperidine rings is 2. The number of hydrogen-bond acceptors (Lipinski definition) is 8. The van der Waals surface area contributed by atoms with Crippen LogP contribution in [0.5, 0.6) is 0 Å². The summed E-state index contributed by atoms with van der Waals surface area (Å²) < 4.78 is 15.7. The van der Waals surface area contributed by atoms with E-state index in [0.29, 0.717) is 56.6 Å². The van der Waals surface area contributed by atoms with Crippen molar-refractivity contribution >= 4 is 29.9 Å². The second kappa shape index (κ2) is 15.9. The standard InChI is InChI=1S/C36H40N4O7/c1-45-35(43)38-33(37)29-11-7-27(8-12-29)28-9-13-30(14-10-28)34(42)39-19-15-25(16-20-39)23-32(41)47-31-17-21-40(22-18-31)36(44)46-24-26-5-3-2-4-6-26/h2-14,25,31H,15-24H2,1H3,(H2,37,38,43). The van der Waals surface area contributed by atoms with E-state index in [9.17, 15) is 19.2 Å². The largest absolute Gasteiger partial charge is 0.462 e. The smallest absolute Gasteiger partial charge is 0.412 e. The van der Waals surface area contributed by atoms with Crippen LogP contribution in [0.4, 0.5) is 9.59 Å². The first-order valence-electron chi connectivity index (χ1n) is 15.9. The Balaban J connectivity index is 1.01.